The van der Waals surface area contributed by atoms with Crippen LogP contribution in [0.3, 0.4) is 0 Å². The molecule has 0 saturated heterocycles. The summed E-state index contributed by atoms with van der Waals surface area (Å²) in [6.45, 7) is 0. The first-order valence-electron chi connectivity index (χ1n) is 9.06. The van der Waals surface area contributed by atoms with Gasteiger partial charge < -0.3 is 0 Å². The number of nitro groups is 1. The summed E-state index contributed by atoms with van der Waals surface area (Å²) in [5, 5.41) is 15.3. The summed E-state index contributed by atoms with van der Waals surface area (Å²) in [6, 6.07) is 13.6. The van der Waals surface area contributed by atoms with E-state index in [9.17, 15) is 10.1 Å². The van der Waals surface area contributed by atoms with Crippen molar-refractivity contribution in [3.8, 4) is 0 Å². The Bertz CT molecular complexity index is 1080. The largest absolute Gasteiger partial charge is 0.277 e. The van der Waals surface area contributed by atoms with Gasteiger partial charge in [0.05, 0.1) is 10.3 Å². The van der Waals surface area contributed by atoms with E-state index >= 15 is 0 Å². The summed E-state index contributed by atoms with van der Waals surface area (Å²) < 4.78 is 0. The zero-order valence-corrected chi connectivity index (χ0v) is 14.8. The summed E-state index contributed by atoms with van der Waals surface area (Å²) >= 11 is 0. The van der Waals surface area contributed by atoms with E-state index in [1.807, 2.05) is 12.1 Å². The van der Waals surface area contributed by atoms with Crippen LogP contribution in [0.2, 0.25) is 0 Å². The van der Waals surface area contributed by atoms with Crippen molar-refractivity contribution in [3.63, 3.8) is 0 Å². The number of rotatable bonds is 1. The van der Waals surface area contributed by atoms with E-state index in [0.717, 1.165) is 29.0 Å². The van der Waals surface area contributed by atoms with Crippen LogP contribution in [0.4, 0.5) is 5.69 Å². The molecule has 0 saturated carbocycles. The van der Waals surface area contributed by atoms with Gasteiger partial charge in [-0.25, -0.2) is 0 Å². The maximum atomic E-state index is 11.2. The molecule has 0 amide bonds. The zero-order valence-electron chi connectivity index (χ0n) is 14.8. The maximum absolute atomic E-state index is 11.2. The smallest absolute Gasteiger partial charge is 0.262 e. The Hall–Kier alpha value is -3.34. The number of benzene rings is 3. The van der Waals surface area contributed by atoms with Crippen molar-refractivity contribution < 1.29 is 4.92 Å². The molecule has 1 aliphatic carbocycles. The minimum atomic E-state index is -0.299. The van der Waals surface area contributed by atoms with Gasteiger partial charge in [0.15, 0.2) is 0 Å². The predicted molar refractivity (Wildman–Crippen MR) is 107 cm³/mol. The van der Waals surface area contributed by atoms with Crippen LogP contribution in [0.1, 0.15) is 24.0 Å². The van der Waals surface area contributed by atoms with Gasteiger partial charge in [-0.1, -0.05) is 30.3 Å². The Morgan fingerprint density at radius 3 is 2.07 bits per heavy atom. The van der Waals surface area contributed by atoms with Crippen molar-refractivity contribution >= 4 is 27.2 Å². The molecule has 5 nitrogen and oxygen atoms in total. The molecule has 0 bridgehead atoms. The molecule has 0 N–H and O–H groups in total. The van der Waals surface area contributed by atoms with E-state index in [4.69, 9.17) is 0 Å². The van der Waals surface area contributed by atoms with Gasteiger partial charge in [-0.3, -0.25) is 20.1 Å². The molecule has 1 heterocycles. The molecule has 5 heteroatoms. The lowest BCUT2D eigenvalue weighted by Crippen LogP contribution is -2.03. The Labute approximate surface area is 156 Å². The average Bonchev–Trinajstić information content (AvgIpc) is 2.74. The third-order valence-corrected chi connectivity index (χ3v) is 5.04. The van der Waals surface area contributed by atoms with Gasteiger partial charge in [0.1, 0.15) is 0 Å². The van der Waals surface area contributed by atoms with E-state index in [-0.39, 0.29) is 10.6 Å². The first-order valence-corrected chi connectivity index (χ1v) is 9.06. The molecule has 134 valence electrons. The highest BCUT2D eigenvalue weighted by atomic mass is 16.6. The summed E-state index contributed by atoms with van der Waals surface area (Å²) in [5.41, 5.74) is 3.07. The fraction of sp³-hybridized carbons (Fsp3) is 0.182. The Balaban J connectivity index is 0.000000257. The average molecular weight is 357 g/mol. The highest BCUT2D eigenvalue weighted by molar-refractivity contribution is 6.11. The third-order valence-electron chi connectivity index (χ3n) is 5.04. The molecule has 1 aromatic heterocycles. The Kier molecular flexibility index (Phi) is 4.75. The van der Waals surface area contributed by atoms with Crippen LogP contribution < -0.4 is 0 Å². The van der Waals surface area contributed by atoms with Crippen LogP contribution in [0.5, 0.6) is 0 Å². The second kappa shape index (κ2) is 7.50. The van der Waals surface area contributed by atoms with Crippen LogP contribution in [-0.4, -0.2) is 14.9 Å². The number of non-ortho nitro benzene ring substituents is 1. The highest BCUT2D eigenvalue weighted by Crippen LogP contribution is 2.35. The second-order valence-electron chi connectivity index (χ2n) is 6.59. The van der Waals surface area contributed by atoms with E-state index in [0.29, 0.717) is 0 Å². The van der Waals surface area contributed by atoms with Gasteiger partial charge in [0, 0.05) is 30.9 Å². The van der Waals surface area contributed by atoms with Crippen molar-refractivity contribution in [1.29, 1.82) is 0 Å². The molecule has 0 spiro atoms. The number of hydrogen-bond acceptors (Lipinski definition) is 4. The minimum absolute atomic E-state index is 0.187. The normalized spacial score (nSPS) is 12.9. The summed E-state index contributed by atoms with van der Waals surface area (Å²) in [6.07, 6.45) is 11.3. The Morgan fingerprint density at radius 1 is 0.741 bits per heavy atom. The SMILES string of the molecule is O=[N+]([O-])c1cccc2c1ccc1c3c(ccc12)CCCC3.c1cnccn1. The predicted octanol–water partition coefficient (Wildman–Crippen LogP) is 5.26. The molecule has 3 aromatic carbocycles. The highest BCUT2D eigenvalue weighted by Gasteiger charge is 2.16. The van der Waals surface area contributed by atoms with Crippen LogP contribution in [-0.2, 0) is 12.8 Å². The lowest BCUT2D eigenvalue weighted by Gasteiger charge is -2.18. The van der Waals surface area contributed by atoms with Crippen molar-refractivity contribution in [1.82, 2.24) is 9.97 Å². The van der Waals surface area contributed by atoms with Crippen molar-refractivity contribution in [3.05, 3.63) is 88.5 Å². The molecule has 5 rings (SSSR count). The number of aromatic nitrogens is 2. The summed E-state index contributed by atoms with van der Waals surface area (Å²) in [5.74, 6) is 0. The topological polar surface area (TPSA) is 68.9 Å². The lowest BCUT2D eigenvalue weighted by atomic mass is 9.86. The molecular weight excluding hydrogens is 338 g/mol. The molecule has 0 radical (unpaired) electrons. The van der Waals surface area contributed by atoms with Crippen LogP contribution in [0, 0.1) is 10.1 Å². The minimum Gasteiger partial charge on any atom is -0.262 e. The van der Waals surface area contributed by atoms with Gasteiger partial charge >= 0.3 is 0 Å². The molecule has 27 heavy (non-hydrogen) atoms. The standard InChI is InChI=1S/C18H15NO2.C4H4N2/c20-19(21)18-7-3-6-14-16-9-8-12-4-1-2-5-13(12)15(16)10-11-17(14)18;1-2-6-4-3-5-1/h3,6-11H,1-2,4-5H2;1-4H. The van der Waals surface area contributed by atoms with Gasteiger partial charge in [-0.2, -0.15) is 0 Å². The van der Waals surface area contributed by atoms with E-state index < -0.39 is 0 Å². The first kappa shape index (κ1) is 17.1. The maximum Gasteiger partial charge on any atom is 0.277 e. The van der Waals surface area contributed by atoms with Crippen molar-refractivity contribution in [2.24, 2.45) is 0 Å². The summed E-state index contributed by atoms with van der Waals surface area (Å²) in [4.78, 5) is 18.3. The van der Waals surface area contributed by atoms with E-state index in [1.54, 1.807) is 36.9 Å². The number of hydrogen-bond donors (Lipinski definition) is 0. The summed E-state index contributed by atoms with van der Waals surface area (Å²) in [7, 11) is 0. The number of aryl methyl sites for hydroxylation is 2. The molecule has 0 aliphatic heterocycles. The molecule has 4 aromatic rings. The van der Waals surface area contributed by atoms with Gasteiger partial charge in [0.25, 0.3) is 5.69 Å². The van der Waals surface area contributed by atoms with Gasteiger partial charge in [-0.15, -0.1) is 0 Å². The third kappa shape index (κ3) is 3.36. The molecule has 0 unspecified atom stereocenters. The van der Waals surface area contributed by atoms with Crippen molar-refractivity contribution in [2.45, 2.75) is 25.7 Å². The molecule has 0 fully saturated rings. The van der Waals surface area contributed by atoms with E-state index in [1.165, 1.54) is 29.4 Å². The zero-order chi connectivity index (χ0) is 18.6. The Morgan fingerprint density at radius 2 is 1.37 bits per heavy atom. The monoisotopic (exact) mass is 357 g/mol. The van der Waals surface area contributed by atoms with Crippen LogP contribution in [0.25, 0.3) is 21.5 Å². The first-order chi connectivity index (χ1) is 13.3. The van der Waals surface area contributed by atoms with Crippen LogP contribution >= 0.6 is 0 Å². The fourth-order valence-electron chi connectivity index (χ4n) is 3.82. The molecule has 1 aliphatic rings. The quantitative estimate of drug-likeness (QED) is 0.265. The van der Waals surface area contributed by atoms with Gasteiger partial charge in [-0.05, 0) is 59.0 Å². The van der Waals surface area contributed by atoms with Crippen LogP contribution in [0.15, 0.2) is 67.3 Å². The van der Waals surface area contributed by atoms with Gasteiger partial charge in [0.2, 0.25) is 0 Å². The number of nitrogens with zero attached hydrogens (tertiary/aromatic N) is 3. The second-order valence-corrected chi connectivity index (χ2v) is 6.59. The fourth-order valence-corrected chi connectivity index (χ4v) is 3.82. The lowest BCUT2D eigenvalue weighted by molar-refractivity contribution is -0.383. The molecular formula is C22H19N3O2. The molecule has 0 atom stereocenters. The number of nitro benzene ring substituents is 1. The van der Waals surface area contributed by atoms with Crippen molar-refractivity contribution in [2.75, 3.05) is 0 Å². The number of fused-ring (bicyclic) bond motifs is 5. The van der Waals surface area contributed by atoms with E-state index in [2.05, 4.69) is 28.2 Å².